The van der Waals surface area contributed by atoms with Gasteiger partial charge < -0.3 is 28.8 Å². The van der Waals surface area contributed by atoms with E-state index in [9.17, 15) is 19.4 Å². The van der Waals surface area contributed by atoms with Gasteiger partial charge in [0.2, 0.25) is 5.91 Å². The van der Waals surface area contributed by atoms with E-state index < -0.39 is 26.6 Å². The Kier molecular flexibility index (Phi) is 65.7. The van der Waals surface area contributed by atoms with E-state index in [-0.39, 0.29) is 12.5 Å². The quantitative estimate of drug-likeness (QED) is 0.0272. The normalized spacial score (nSPS) is 14.0. The van der Waals surface area contributed by atoms with Crippen LogP contribution in [0.3, 0.4) is 0 Å². The summed E-state index contributed by atoms with van der Waals surface area (Å²) in [4.78, 5) is 25.7. The van der Waals surface area contributed by atoms with E-state index in [1.54, 1.807) is 6.08 Å². The summed E-state index contributed by atoms with van der Waals surface area (Å²) in [5, 5.41) is 14.0. The van der Waals surface area contributed by atoms with Gasteiger partial charge in [-0.3, -0.25) is 9.36 Å². The van der Waals surface area contributed by atoms with E-state index >= 15 is 0 Å². The molecule has 0 aliphatic rings. The van der Waals surface area contributed by atoms with Gasteiger partial charge in [0.1, 0.15) is 13.2 Å². The van der Waals surface area contributed by atoms with Crippen molar-refractivity contribution in [1.29, 1.82) is 0 Å². The third-order valence-corrected chi connectivity index (χ3v) is 17.9. The third kappa shape index (κ3) is 69.4. The van der Waals surface area contributed by atoms with Crippen molar-refractivity contribution in [2.75, 3.05) is 40.9 Å². The maximum absolute atomic E-state index is 13.1. The standard InChI is InChI=1S/C77H145N2O6P/c1-6-8-10-12-14-16-18-20-22-24-26-28-30-32-34-35-36-37-38-39-40-41-42-43-45-47-49-51-53-55-57-59-61-63-65-67-69-71-77(81)78-75(74-85-86(82,83)84-73-72-79(3,4)5)76(80)70-68-66-64-62-60-58-56-54-52-50-48-46-44-33-31-29-27-25-23-21-19-17-15-13-11-9-7-2/h8,10,14,16,20,22,26,28,60,62,68,70,75-76,80H,6-7,9,11-13,15,17-19,21,23-25,27,29-59,61,63-67,69,71-74H2,1-5H3,(H-,78,81,82,83)/b10-8-,16-14-,22-20-,28-26-,62-60+,70-68+. The molecule has 2 N–H and O–H groups in total. The summed E-state index contributed by atoms with van der Waals surface area (Å²) in [6.07, 6.45) is 94.8. The predicted octanol–water partition coefficient (Wildman–Crippen LogP) is 23.5. The minimum Gasteiger partial charge on any atom is -0.756 e. The van der Waals surface area contributed by atoms with Gasteiger partial charge in [-0.15, -0.1) is 0 Å². The second-order valence-corrected chi connectivity index (χ2v) is 28.0. The smallest absolute Gasteiger partial charge is 0.268 e. The van der Waals surface area contributed by atoms with Crippen molar-refractivity contribution in [3.8, 4) is 0 Å². The van der Waals surface area contributed by atoms with Gasteiger partial charge in [-0.25, -0.2) is 0 Å². The van der Waals surface area contributed by atoms with E-state index in [0.29, 0.717) is 17.4 Å². The molecule has 504 valence electrons. The van der Waals surface area contributed by atoms with Gasteiger partial charge in [-0.05, 0) is 70.6 Å². The number of quaternary nitrogens is 1. The highest BCUT2D eigenvalue weighted by Crippen LogP contribution is 2.38. The molecule has 0 aromatic carbocycles. The number of aliphatic hydroxyl groups excluding tert-OH is 1. The molecule has 0 saturated carbocycles. The van der Waals surface area contributed by atoms with Crippen LogP contribution in [0.2, 0.25) is 0 Å². The Labute approximate surface area is 535 Å². The van der Waals surface area contributed by atoms with Crippen LogP contribution in [0.15, 0.2) is 72.9 Å². The minimum atomic E-state index is -4.61. The van der Waals surface area contributed by atoms with Gasteiger partial charge in [0, 0.05) is 6.42 Å². The summed E-state index contributed by atoms with van der Waals surface area (Å²) < 4.78 is 23.5. The van der Waals surface area contributed by atoms with Crippen LogP contribution in [-0.2, 0) is 18.4 Å². The number of unbranched alkanes of at least 4 members (excludes halogenated alkanes) is 46. The van der Waals surface area contributed by atoms with Gasteiger partial charge in [0.05, 0.1) is 39.9 Å². The van der Waals surface area contributed by atoms with Crippen molar-refractivity contribution in [2.45, 2.75) is 373 Å². The molecule has 0 bridgehead atoms. The van der Waals surface area contributed by atoms with E-state index in [0.717, 1.165) is 64.2 Å². The van der Waals surface area contributed by atoms with E-state index in [4.69, 9.17) is 9.05 Å². The Morgan fingerprint density at radius 1 is 0.419 bits per heavy atom. The molecule has 0 rings (SSSR count). The number of allylic oxidation sites excluding steroid dienone is 11. The lowest BCUT2D eigenvalue weighted by Crippen LogP contribution is -2.45. The Balaban J connectivity index is 4.00. The third-order valence-electron chi connectivity index (χ3n) is 16.9. The number of rotatable bonds is 69. The summed E-state index contributed by atoms with van der Waals surface area (Å²) in [5.74, 6) is -0.201. The van der Waals surface area contributed by atoms with Crippen LogP contribution in [-0.4, -0.2) is 68.5 Å². The second-order valence-electron chi connectivity index (χ2n) is 26.6. The number of aliphatic hydroxyl groups is 1. The fraction of sp³-hybridized carbons (Fsp3) is 0.831. The van der Waals surface area contributed by atoms with Gasteiger partial charge in [-0.2, -0.15) is 0 Å². The van der Waals surface area contributed by atoms with Gasteiger partial charge in [0.25, 0.3) is 7.82 Å². The van der Waals surface area contributed by atoms with Crippen molar-refractivity contribution >= 4 is 13.7 Å². The molecule has 0 spiro atoms. The summed E-state index contributed by atoms with van der Waals surface area (Å²) in [7, 11) is 1.26. The SMILES string of the molecule is CC/C=C\C/C=C\C/C=C\C/C=C\CCCCCCCCCCCCCCCCCCCCCCCCCCC(=O)NC(COP(=O)([O-])OCC[N+](C)(C)C)C(O)/C=C/CC/C=C/CCCCCCCCCCCCCCCCCCCCCCC. The monoisotopic (exact) mass is 1230 g/mol. The summed E-state index contributed by atoms with van der Waals surface area (Å²) >= 11 is 0. The van der Waals surface area contributed by atoms with Gasteiger partial charge in [-0.1, -0.05) is 356 Å². The Morgan fingerprint density at radius 3 is 1.08 bits per heavy atom. The zero-order valence-corrected chi connectivity index (χ0v) is 58.7. The fourth-order valence-corrected chi connectivity index (χ4v) is 11.9. The number of likely N-dealkylation sites (N-methyl/N-ethyl adjacent to an activating group) is 1. The molecule has 0 aromatic rings. The van der Waals surface area contributed by atoms with Crippen molar-refractivity contribution in [1.82, 2.24) is 5.32 Å². The molecular weight excluding hydrogens is 1080 g/mol. The number of hydrogen-bond donors (Lipinski definition) is 2. The number of phosphoric acid groups is 1. The first kappa shape index (κ1) is 83.9. The number of amides is 1. The molecule has 0 fully saturated rings. The molecule has 9 heteroatoms. The average Bonchev–Trinajstić information content (AvgIpc) is 3.70. The zero-order valence-electron chi connectivity index (χ0n) is 57.8. The number of hydrogen-bond acceptors (Lipinski definition) is 6. The van der Waals surface area contributed by atoms with Crippen molar-refractivity contribution in [3.63, 3.8) is 0 Å². The van der Waals surface area contributed by atoms with Crippen molar-refractivity contribution in [2.24, 2.45) is 0 Å². The minimum absolute atomic E-state index is 0.00587. The van der Waals surface area contributed by atoms with E-state index in [1.807, 2.05) is 27.2 Å². The maximum Gasteiger partial charge on any atom is 0.268 e. The molecule has 0 aliphatic heterocycles. The lowest BCUT2D eigenvalue weighted by Gasteiger charge is -2.29. The fourth-order valence-electron chi connectivity index (χ4n) is 11.2. The van der Waals surface area contributed by atoms with Crippen LogP contribution in [0.4, 0.5) is 0 Å². The van der Waals surface area contributed by atoms with Gasteiger partial charge >= 0.3 is 0 Å². The van der Waals surface area contributed by atoms with Crippen molar-refractivity contribution in [3.05, 3.63) is 72.9 Å². The number of nitrogens with one attached hydrogen (secondary N) is 1. The number of phosphoric ester groups is 1. The molecule has 0 aliphatic carbocycles. The highest BCUT2D eigenvalue weighted by Gasteiger charge is 2.23. The largest absolute Gasteiger partial charge is 0.756 e. The molecule has 1 amide bonds. The first-order valence-corrected chi connectivity index (χ1v) is 38.8. The molecular formula is C77H145N2O6P. The van der Waals surface area contributed by atoms with Crippen LogP contribution >= 0.6 is 7.82 Å². The highest BCUT2D eigenvalue weighted by atomic mass is 31.2. The molecule has 0 radical (unpaired) electrons. The average molecular weight is 1230 g/mol. The summed E-state index contributed by atoms with van der Waals surface area (Å²) in [6.45, 7) is 4.57. The summed E-state index contributed by atoms with van der Waals surface area (Å²) in [5.41, 5.74) is 0. The van der Waals surface area contributed by atoms with Crippen molar-refractivity contribution < 1.29 is 32.9 Å². The predicted molar refractivity (Wildman–Crippen MR) is 376 cm³/mol. The molecule has 0 saturated heterocycles. The molecule has 3 atom stereocenters. The Hall–Kier alpha value is -2.06. The zero-order chi connectivity index (χ0) is 62.6. The number of carbonyl (C=O) groups is 1. The van der Waals surface area contributed by atoms with Gasteiger partial charge in [0.15, 0.2) is 0 Å². The Bertz CT molecular complexity index is 1630. The highest BCUT2D eigenvalue weighted by molar-refractivity contribution is 7.45. The van der Waals surface area contributed by atoms with Crippen LogP contribution in [0, 0.1) is 0 Å². The molecule has 8 nitrogen and oxygen atoms in total. The Morgan fingerprint density at radius 2 is 0.721 bits per heavy atom. The second kappa shape index (κ2) is 67.3. The molecule has 3 unspecified atom stereocenters. The molecule has 0 aromatic heterocycles. The first-order valence-electron chi connectivity index (χ1n) is 37.3. The number of carbonyl (C=O) groups excluding carboxylic acids is 1. The van der Waals surface area contributed by atoms with Crippen LogP contribution < -0.4 is 10.2 Å². The maximum atomic E-state index is 13.1. The lowest BCUT2D eigenvalue weighted by atomic mass is 10.0. The first-order chi connectivity index (χ1) is 42.0. The molecule has 86 heavy (non-hydrogen) atoms. The van der Waals surface area contributed by atoms with Crippen LogP contribution in [0.1, 0.15) is 361 Å². The number of nitrogens with zero attached hydrogens (tertiary/aromatic N) is 1. The summed E-state index contributed by atoms with van der Waals surface area (Å²) in [6, 6.07) is -0.906. The van der Waals surface area contributed by atoms with E-state index in [2.05, 4.69) is 79.9 Å². The van der Waals surface area contributed by atoms with E-state index in [1.165, 1.54) is 276 Å². The lowest BCUT2D eigenvalue weighted by molar-refractivity contribution is -0.870. The van der Waals surface area contributed by atoms with Crippen LogP contribution in [0.5, 0.6) is 0 Å². The molecule has 0 heterocycles. The van der Waals surface area contributed by atoms with Crippen LogP contribution in [0.25, 0.3) is 0 Å². The topological polar surface area (TPSA) is 108 Å².